The molecule has 160 valence electrons. The van der Waals surface area contributed by atoms with Crippen molar-refractivity contribution < 1.29 is 14.3 Å². The first-order valence-corrected chi connectivity index (χ1v) is 10.5. The summed E-state index contributed by atoms with van der Waals surface area (Å²) in [6.07, 6.45) is 0. The lowest BCUT2D eigenvalue weighted by Crippen LogP contribution is -2.48. The Morgan fingerprint density at radius 1 is 0.968 bits per heavy atom. The van der Waals surface area contributed by atoms with Gasteiger partial charge in [-0.05, 0) is 35.0 Å². The molecule has 7 heteroatoms. The SMILES string of the molecule is COc1cc2ccccc2cc1C(=O)Nc1cccc(Cl)c1N1CCN(C(C)=O)CC1. The Hall–Kier alpha value is -3.25. The van der Waals surface area contributed by atoms with Crippen molar-refractivity contribution in [2.24, 2.45) is 0 Å². The molecular weight excluding hydrogens is 414 g/mol. The maximum absolute atomic E-state index is 13.2. The van der Waals surface area contributed by atoms with Gasteiger partial charge in [0, 0.05) is 33.1 Å². The van der Waals surface area contributed by atoms with Crippen LogP contribution in [0.2, 0.25) is 5.02 Å². The topological polar surface area (TPSA) is 61.9 Å². The van der Waals surface area contributed by atoms with Crippen LogP contribution in [0.4, 0.5) is 11.4 Å². The minimum Gasteiger partial charge on any atom is -0.496 e. The summed E-state index contributed by atoms with van der Waals surface area (Å²) < 4.78 is 5.48. The van der Waals surface area contributed by atoms with Crippen molar-refractivity contribution in [2.45, 2.75) is 6.92 Å². The zero-order chi connectivity index (χ0) is 22.0. The number of amides is 2. The molecule has 0 aliphatic carbocycles. The highest BCUT2D eigenvalue weighted by Gasteiger charge is 2.24. The minimum absolute atomic E-state index is 0.0655. The third-order valence-electron chi connectivity index (χ3n) is 5.59. The van der Waals surface area contributed by atoms with E-state index in [4.69, 9.17) is 16.3 Å². The van der Waals surface area contributed by atoms with E-state index >= 15 is 0 Å². The fourth-order valence-corrected chi connectivity index (χ4v) is 4.23. The minimum atomic E-state index is -0.270. The number of para-hydroxylation sites is 1. The molecule has 0 saturated carbocycles. The van der Waals surface area contributed by atoms with Gasteiger partial charge in [0.15, 0.2) is 0 Å². The van der Waals surface area contributed by atoms with Gasteiger partial charge in [-0.1, -0.05) is 41.9 Å². The molecule has 1 aliphatic heterocycles. The van der Waals surface area contributed by atoms with Crippen molar-refractivity contribution >= 4 is 45.6 Å². The van der Waals surface area contributed by atoms with Crippen molar-refractivity contribution in [3.05, 3.63) is 65.2 Å². The summed E-state index contributed by atoms with van der Waals surface area (Å²) in [4.78, 5) is 28.8. The Labute approximate surface area is 186 Å². The number of halogens is 1. The number of nitrogens with one attached hydrogen (secondary N) is 1. The van der Waals surface area contributed by atoms with Gasteiger partial charge in [0.05, 0.1) is 29.1 Å². The van der Waals surface area contributed by atoms with Crippen LogP contribution in [0.15, 0.2) is 54.6 Å². The molecule has 31 heavy (non-hydrogen) atoms. The van der Waals surface area contributed by atoms with Gasteiger partial charge in [-0.15, -0.1) is 0 Å². The second-order valence-electron chi connectivity index (χ2n) is 7.48. The Kier molecular flexibility index (Phi) is 6.00. The molecule has 1 aliphatic rings. The van der Waals surface area contributed by atoms with Crippen molar-refractivity contribution in [2.75, 3.05) is 43.5 Å². The molecule has 1 N–H and O–H groups in total. The number of carbonyl (C=O) groups excluding carboxylic acids is 2. The van der Waals surface area contributed by atoms with Crippen LogP contribution in [0.3, 0.4) is 0 Å². The average Bonchev–Trinajstić information content (AvgIpc) is 2.78. The van der Waals surface area contributed by atoms with Crippen LogP contribution in [0.5, 0.6) is 5.75 Å². The Bertz CT molecular complexity index is 1140. The number of carbonyl (C=O) groups is 2. The molecule has 0 spiro atoms. The van der Waals surface area contributed by atoms with Crippen molar-refractivity contribution in [3.63, 3.8) is 0 Å². The molecule has 1 saturated heterocycles. The molecule has 1 heterocycles. The molecule has 4 rings (SSSR count). The highest BCUT2D eigenvalue weighted by molar-refractivity contribution is 6.34. The standard InChI is InChI=1S/C24H24ClN3O3/c1-16(29)27-10-12-28(13-11-27)23-20(25)8-5-9-21(23)26-24(30)19-14-17-6-3-4-7-18(17)15-22(19)31-2/h3-9,14-15H,10-13H2,1-2H3,(H,26,30). The molecule has 0 radical (unpaired) electrons. The van der Waals surface area contributed by atoms with Crippen molar-refractivity contribution in [1.29, 1.82) is 0 Å². The molecule has 0 aromatic heterocycles. The monoisotopic (exact) mass is 437 g/mol. The number of piperazine rings is 1. The van der Waals surface area contributed by atoms with E-state index in [-0.39, 0.29) is 11.8 Å². The Morgan fingerprint density at radius 2 is 1.65 bits per heavy atom. The van der Waals surface area contributed by atoms with E-state index in [1.165, 1.54) is 0 Å². The van der Waals surface area contributed by atoms with E-state index in [9.17, 15) is 9.59 Å². The predicted molar refractivity (Wildman–Crippen MR) is 124 cm³/mol. The smallest absolute Gasteiger partial charge is 0.259 e. The molecule has 6 nitrogen and oxygen atoms in total. The summed E-state index contributed by atoms with van der Waals surface area (Å²) >= 11 is 6.53. The van der Waals surface area contributed by atoms with Gasteiger partial charge in [-0.2, -0.15) is 0 Å². The fourth-order valence-electron chi connectivity index (χ4n) is 3.94. The number of ether oxygens (including phenoxy) is 1. The summed E-state index contributed by atoms with van der Waals surface area (Å²) in [5.74, 6) is 0.305. The Morgan fingerprint density at radius 3 is 2.29 bits per heavy atom. The fraction of sp³-hybridized carbons (Fsp3) is 0.250. The first-order chi connectivity index (χ1) is 15.0. The number of rotatable bonds is 4. The van der Waals surface area contributed by atoms with E-state index in [1.54, 1.807) is 20.1 Å². The number of hydrogen-bond acceptors (Lipinski definition) is 4. The van der Waals surface area contributed by atoms with Gasteiger partial charge in [0.25, 0.3) is 5.91 Å². The van der Waals surface area contributed by atoms with Crippen LogP contribution < -0.4 is 15.0 Å². The maximum Gasteiger partial charge on any atom is 0.259 e. The van der Waals surface area contributed by atoms with Crippen LogP contribution in [-0.2, 0) is 4.79 Å². The predicted octanol–water partition coefficient (Wildman–Crippen LogP) is 4.42. The molecule has 1 fully saturated rings. The van der Waals surface area contributed by atoms with Gasteiger partial charge in [0.2, 0.25) is 5.91 Å². The van der Waals surface area contributed by atoms with Gasteiger partial charge >= 0.3 is 0 Å². The van der Waals surface area contributed by atoms with Gasteiger partial charge in [-0.25, -0.2) is 0 Å². The number of methoxy groups -OCH3 is 1. The van der Waals surface area contributed by atoms with Crippen LogP contribution in [0.1, 0.15) is 17.3 Å². The van der Waals surface area contributed by atoms with Crippen molar-refractivity contribution in [3.8, 4) is 5.75 Å². The van der Waals surface area contributed by atoms with Crippen LogP contribution in [0.25, 0.3) is 10.8 Å². The summed E-state index contributed by atoms with van der Waals surface area (Å²) in [5, 5.41) is 5.53. The molecule has 3 aromatic carbocycles. The second-order valence-corrected chi connectivity index (χ2v) is 7.89. The lowest BCUT2D eigenvalue weighted by atomic mass is 10.0. The molecule has 2 amide bonds. The summed E-state index contributed by atoms with van der Waals surface area (Å²) in [5.41, 5.74) is 1.85. The van der Waals surface area contributed by atoms with Crippen LogP contribution in [-0.4, -0.2) is 50.0 Å². The first-order valence-electron chi connectivity index (χ1n) is 10.1. The normalized spacial score (nSPS) is 13.9. The second kappa shape index (κ2) is 8.86. The lowest BCUT2D eigenvalue weighted by molar-refractivity contribution is -0.129. The summed E-state index contributed by atoms with van der Waals surface area (Å²) in [7, 11) is 1.56. The molecule has 0 atom stereocenters. The molecular formula is C24H24ClN3O3. The third-order valence-corrected chi connectivity index (χ3v) is 5.89. The lowest BCUT2D eigenvalue weighted by Gasteiger charge is -2.37. The average molecular weight is 438 g/mol. The zero-order valence-electron chi connectivity index (χ0n) is 17.5. The Balaban J connectivity index is 1.63. The van der Waals surface area contributed by atoms with Crippen LogP contribution >= 0.6 is 11.6 Å². The molecule has 0 unspecified atom stereocenters. The molecule has 0 bridgehead atoms. The third kappa shape index (κ3) is 4.30. The zero-order valence-corrected chi connectivity index (χ0v) is 18.3. The number of hydrogen-bond donors (Lipinski definition) is 1. The van der Waals surface area contributed by atoms with E-state index < -0.39 is 0 Å². The first kappa shape index (κ1) is 21.0. The number of fused-ring (bicyclic) bond motifs is 1. The number of benzene rings is 3. The van der Waals surface area contributed by atoms with E-state index in [2.05, 4.69) is 10.2 Å². The van der Waals surface area contributed by atoms with Crippen molar-refractivity contribution in [1.82, 2.24) is 4.90 Å². The van der Waals surface area contributed by atoms with E-state index in [1.807, 2.05) is 53.4 Å². The number of nitrogens with zero attached hydrogens (tertiary/aromatic N) is 2. The van der Waals surface area contributed by atoms with E-state index in [0.717, 1.165) is 16.5 Å². The van der Waals surface area contributed by atoms with Gasteiger partial charge < -0.3 is 19.9 Å². The summed E-state index contributed by atoms with van der Waals surface area (Å²) in [6.45, 7) is 4.10. The number of anilines is 2. The van der Waals surface area contributed by atoms with E-state index in [0.29, 0.717) is 48.2 Å². The highest BCUT2D eigenvalue weighted by Crippen LogP contribution is 2.35. The largest absolute Gasteiger partial charge is 0.496 e. The highest BCUT2D eigenvalue weighted by atomic mass is 35.5. The van der Waals surface area contributed by atoms with Gasteiger partial charge in [-0.3, -0.25) is 9.59 Å². The van der Waals surface area contributed by atoms with Gasteiger partial charge in [0.1, 0.15) is 5.75 Å². The maximum atomic E-state index is 13.2. The quantitative estimate of drug-likeness (QED) is 0.656. The summed E-state index contributed by atoms with van der Waals surface area (Å²) in [6, 6.07) is 17.0. The van der Waals surface area contributed by atoms with Crippen LogP contribution in [0, 0.1) is 0 Å². The molecule has 3 aromatic rings.